The predicted octanol–water partition coefficient (Wildman–Crippen LogP) is 1.75. The molecule has 0 spiro atoms. The van der Waals surface area contributed by atoms with Crippen LogP contribution in [0.4, 0.5) is 17.5 Å². The summed E-state index contributed by atoms with van der Waals surface area (Å²) in [4.78, 5) is 19.9. The van der Waals surface area contributed by atoms with Gasteiger partial charge in [0.25, 0.3) is 0 Å². The van der Waals surface area contributed by atoms with Crippen LogP contribution in [0.15, 0.2) is 24.4 Å². The maximum atomic E-state index is 12.0. The number of benzene rings is 1. The lowest BCUT2D eigenvalue weighted by molar-refractivity contribution is 0.0526. The second-order valence-electron chi connectivity index (χ2n) is 4.69. The summed E-state index contributed by atoms with van der Waals surface area (Å²) < 4.78 is 16.0. The van der Waals surface area contributed by atoms with Crippen LogP contribution in [-0.4, -0.2) is 35.8 Å². The molecule has 1 aliphatic heterocycles. The molecule has 0 radical (unpaired) electrons. The Balaban J connectivity index is 1.90. The highest BCUT2D eigenvalue weighted by atomic mass is 16.6. The SMILES string of the molecule is CCOC(=O)c1cnc(N)nc1Nc1ccc2c(c1)OCCO2. The lowest BCUT2D eigenvalue weighted by Crippen LogP contribution is -2.15. The number of anilines is 3. The van der Waals surface area contributed by atoms with Gasteiger partial charge in [-0.25, -0.2) is 9.78 Å². The molecule has 3 rings (SSSR count). The van der Waals surface area contributed by atoms with Gasteiger partial charge in [0, 0.05) is 18.0 Å². The first-order chi connectivity index (χ1) is 11.2. The molecule has 2 aromatic rings. The zero-order valence-corrected chi connectivity index (χ0v) is 12.5. The van der Waals surface area contributed by atoms with E-state index in [1.165, 1.54) is 6.20 Å². The van der Waals surface area contributed by atoms with Crippen molar-refractivity contribution in [1.29, 1.82) is 0 Å². The molecular formula is C15H16N4O4. The maximum absolute atomic E-state index is 12.0. The molecule has 3 N–H and O–H groups in total. The van der Waals surface area contributed by atoms with Gasteiger partial charge < -0.3 is 25.3 Å². The quantitative estimate of drug-likeness (QED) is 0.821. The van der Waals surface area contributed by atoms with Crippen molar-refractivity contribution in [3.63, 3.8) is 0 Å². The molecule has 0 amide bonds. The number of rotatable bonds is 4. The molecule has 0 bridgehead atoms. The van der Waals surface area contributed by atoms with Crippen LogP contribution in [0.2, 0.25) is 0 Å². The van der Waals surface area contributed by atoms with Gasteiger partial charge in [0.15, 0.2) is 17.3 Å². The minimum atomic E-state index is -0.521. The first-order valence-electron chi connectivity index (χ1n) is 7.13. The molecule has 0 atom stereocenters. The third-order valence-corrected chi connectivity index (χ3v) is 3.11. The Labute approximate surface area is 132 Å². The van der Waals surface area contributed by atoms with Gasteiger partial charge >= 0.3 is 5.97 Å². The number of nitrogens with zero attached hydrogens (tertiary/aromatic N) is 2. The number of esters is 1. The number of carbonyl (C=O) groups is 1. The largest absolute Gasteiger partial charge is 0.486 e. The van der Waals surface area contributed by atoms with Gasteiger partial charge in [-0.2, -0.15) is 4.98 Å². The minimum absolute atomic E-state index is 0.0538. The van der Waals surface area contributed by atoms with Crippen molar-refractivity contribution in [2.24, 2.45) is 0 Å². The van der Waals surface area contributed by atoms with Crippen LogP contribution in [0.25, 0.3) is 0 Å². The highest BCUT2D eigenvalue weighted by molar-refractivity contribution is 5.95. The van der Waals surface area contributed by atoms with Crippen molar-refractivity contribution in [1.82, 2.24) is 9.97 Å². The highest BCUT2D eigenvalue weighted by Crippen LogP contribution is 2.33. The fourth-order valence-corrected chi connectivity index (χ4v) is 2.11. The van der Waals surface area contributed by atoms with E-state index in [2.05, 4.69) is 15.3 Å². The van der Waals surface area contributed by atoms with Crippen molar-refractivity contribution in [3.05, 3.63) is 30.0 Å². The maximum Gasteiger partial charge on any atom is 0.343 e. The van der Waals surface area contributed by atoms with Crippen LogP contribution in [0.5, 0.6) is 11.5 Å². The minimum Gasteiger partial charge on any atom is -0.486 e. The van der Waals surface area contributed by atoms with Gasteiger partial charge in [0.05, 0.1) is 6.61 Å². The number of carbonyl (C=O) groups excluding carboxylic acids is 1. The van der Waals surface area contributed by atoms with Crippen molar-refractivity contribution in [2.45, 2.75) is 6.92 Å². The number of nitrogens with one attached hydrogen (secondary N) is 1. The van der Waals surface area contributed by atoms with Crippen LogP contribution in [0.3, 0.4) is 0 Å². The number of hydrogen-bond acceptors (Lipinski definition) is 8. The Morgan fingerprint density at radius 3 is 2.91 bits per heavy atom. The fraction of sp³-hybridized carbons (Fsp3) is 0.267. The van der Waals surface area contributed by atoms with Gasteiger partial charge in [0.2, 0.25) is 5.95 Å². The molecule has 1 aliphatic rings. The van der Waals surface area contributed by atoms with E-state index in [4.69, 9.17) is 19.9 Å². The predicted molar refractivity (Wildman–Crippen MR) is 83.1 cm³/mol. The number of ether oxygens (including phenoxy) is 3. The summed E-state index contributed by atoms with van der Waals surface area (Å²) in [6.07, 6.45) is 1.33. The Morgan fingerprint density at radius 1 is 1.35 bits per heavy atom. The third-order valence-electron chi connectivity index (χ3n) is 3.11. The average Bonchev–Trinajstić information content (AvgIpc) is 2.55. The third kappa shape index (κ3) is 3.25. The summed E-state index contributed by atoms with van der Waals surface area (Å²) in [6.45, 7) is 3.00. The van der Waals surface area contributed by atoms with Gasteiger partial charge in [-0.3, -0.25) is 0 Å². The molecule has 2 heterocycles. The average molecular weight is 316 g/mol. The van der Waals surface area contributed by atoms with E-state index >= 15 is 0 Å². The van der Waals surface area contributed by atoms with E-state index in [1.54, 1.807) is 25.1 Å². The summed E-state index contributed by atoms with van der Waals surface area (Å²) in [6, 6.07) is 5.34. The number of hydrogen-bond donors (Lipinski definition) is 2. The van der Waals surface area contributed by atoms with E-state index in [0.29, 0.717) is 30.4 Å². The second kappa shape index (κ2) is 6.39. The van der Waals surface area contributed by atoms with Gasteiger partial charge in [-0.05, 0) is 19.1 Å². The smallest absolute Gasteiger partial charge is 0.343 e. The van der Waals surface area contributed by atoms with Crippen molar-refractivity contribution in [3.8, 4) is 11.5 Å². The van der Waals surface area contributed by atoms with Gasteiger partial charge in [0.1, 0.15) is 18.8 Å². The molecule has 0 unspecified atom stereocenters. The van der Waals surface area contributed by atoms with E-state index in [0.717, 1.165) is 0 Å². The second-order valence-corrected chi connectivity index (χ2v) is 4.69. The monoisotopic (exact) mass is 316 g/mol. The van der Waals surface area contributed by atoms with Crippen molar-refractivity contribution in [2.75, 3.05) is 30.9 Å². The van der Waals surface area contributed by atoms with Crippen LogP contribution < -0.4 is 20.5 Å². The molecule has 1 aromatic heterocycles. The Kier molecular flexibility index (Phi) is 4.13. The van der Waals surface area contributed by atoms with E-state index in [1.807, 2.05) is 0 Å². The highest BCUT2D eigenvalue weighted by Gasteiger charge is 2.17. The van der Waals surface area contributed by atoms with Crippen LogP contribution in [-0.2, 0) is 4.74 Å². The van der Waals surface area contributed by atoms with Crippen molar-refractivity contribution < 1.29 is 19.0 Å². The zero-order valence-electron chi connectivity index (χ0n) is 12.5. The summed E-state index contributed by atoms with van der Waals surface area (Å²) >= 11 is 0. The Bertz CT molecular complexity index is 735. The molecule has 1 aromatic carbocycles. The van der Waals surface area contributed by atoms with Crippen LogP contribution >= 0.6 is 0 Å². The molecule has 0 saturated heterocycles. The molecule has 8 nitrogen and oxygen atoms in total. The summed E-state index contributed by atoms with van der Waals surface area (Å²) in [5, 5.41) is 3.04. The first-order valence-corrected chi connectivity index (χ1v) is 7.13. The number of fused-ring (bicyclic) bond motifs is 1. The normalized spacial score (nSPS) is 12.6. The summed E-state index contributed by atoms with van der Waals surface area (Å²) in [5.74, 6) is 1.11. The number of aromatic nitrogens is 2. The summed E-state index contributed by atoms with van der Waals surface area (Å²) in [5.41, 5.74) is 6.49. The molecule has 23 heavy (non-hydrogen) atoms. The Hall–Kier alpha value is -3.03. The van der Waals surface area contributed by atoms with Crippen LogP contribution in [0, 0.1) is 0 Å². The van der Waals surface area contributed by atoms with Gasteiger partial charge in [-0.15, -0.1) is 0 Å². The first kappa shape index (κ1) is 14.9. The summed E-state index contributed by atoms with van der Waals surface area (Å²) in [7, 11) is 0. The van der Waals surface area contributed by atoms with Gasteiger partial charge in [-0.1, -0.05) is 0 Å². The lowest BCUT2D eigenvalue weighted by atomic mass is 10.2. The van der Waals surface area contributed by atoms with Crippen molar-refractivity contribution >= 4 is 23.4 Å². The Morgan fingerprint density at radius 2 is 2.13 bits per heavy atom. The van der Waals surface area contributed by atoms with Crippen LogP contribution in [0.1, 0.15) is 17.3 Å². The lowest BCUT2D eigenvalue weighted by Gasteiger charge is -2.19. The number of nitrogens with two attached hydrogens (primary N) is 1. The number of nitrogen functional groups attached to an aromatic ring is 1. The topological polar surface area (TPSA) is 109 Å². The van der Waals surface area contributed by atoms with E-state index in [9.17, 15) is 4.79 Å². The zero-order chi connectivity index (χ0) is 16.2. The molecule has 0 fully saturated rings. The van der Waals surface area contributed by atoms with E-state index in [-0.39, 0.29) is 23.9 Å². The molecule has 120 valence electrons. The molecule has 8 heteroatoms. The molecule has 0 aliphatic carbocycles. The fourth-order valence-electron chi connectivity index (χ4n) is 2.11. The molecular weight excluding hydrogens is 300 g/mol. The standard InChI is InChI=1S/C15H16N4O4/c1-2-21-14(20)10-8-17-15(16)19-13(10)18-9-3-4-11-12(7-9)23-6-5-22-11/h3-4,7-8H,2,5-6H2,1H3,(H3,16,17,18,19). The molecule has 0 saturated carbocycles. The van der Waals surface area contributed by atoms with E-state index < -0.39 is 5.97 Å².